The van der Waals surface area contributed by atoms with E-state index in [1.165, 1.54) is 16.4 Å². The third-order valence-electron chi connectivity index (χ3n) is 4.24. The van der Waals surface area contributed by atoms with Gasteiger partial charge < -0.3 is 11.2 Å². The van der Waals surface area contributed by atoms with Gasteiger partial charge >= 0.3 is 0 Å². The first-order chi connectivity index (χ1) is 13.5. The Kier molecular flexibility index (Phi) is 6.59. The SMILES string of the molecule is CC(C)C(NC(=O)CSc1nnc(-c2ccc(Cl)cc2)n1N)c1ccccc1. The Bertz CT molecular complexity index is 928. The molecule has 1 aromatic heterocycles. The number of rotatable bonds is 7. The van der Waals surface area contributed by atoms with Crippen molar-refractivity contribution in [2.75, 3.05) is 11.6 Å². The normalized spacial score (nSPS) is 12.1. The smallest absolute Gasteiger partial charge is 0.230 e. The molecule has 3 N–H and O–H groups in total. The van der Waals surface area contributed by atoms with Gasteiger partial charge in [0, 0.05) is 10.6 Å². The number of nitrogens with zero attached hydrogens (tertiary/aromatic N) is 3. The summed E-state index contributed by atoms with van der Waals surface area (Å²) in [5.41, 5.74) is 1.89. The molecule has 1 atom stereocenters. The molecule has 6 nitrogen and oxygen atoms in total. The Labute approximate surface area is 173 Å². The summed E-state index contributed by atoms with van der Waals surface area (Å²) in [7, 11) is 0. The van der Waals surface area contributed by atoms with Crippen LogP contribution in [-0.4, -0.2) is 26.5 Å². The second-order valence-corrected chi connectivity index (χ2v) is 8.05. The summed E-state index contributed by atoms with van der Waals surface area (Å²) in [4.78, 5) is 12.5. The summed E-state index contributed by atoms with van der Waals surface area (Å²) < 4.78 is 1.39. The molecule has 0 radical (unpaired) electrons. The molecule has 28 heavy (non-hydrogen) atoms. The number of amides is 1. The lowest BCUT2D eigenvalue weighted by molar-refractivity contribution is -0.119. The minimum atomic E-state index is -0.0800. The van der Waals surface area contributed by atoms with E-state index in [-0.39, 0.29) is 23.6 Å². The van der Waals surface area contributed by atoms with Gasteiger partial charge in [0.25, 0.3) is 0 Å². The molecule has 1 heterocycles. The number of benzene rings is 2. The van der Waals surface area contributed by atoms with Gasteiger partial charge in [-0.15, -0.1) is 10.2 Å². The van der Waals surface area contributed by atoms with E-state index < -0.39 is 0 Å². The average Bonchev–Trinajstić information content (AvgIpc) is 3.06. The second kappa shape index (κ2) is 9.12. The van der Waals surface area contributed by atoms with E-state index in [0.29, 0.717) is 16.0 Å². The molecule has 3 aromatic rings. The lowest BCUT2D eigenvalue weighted by Gasteiger charge is -2.22. The van der Waals surface area contributed by atoms with Gasteiger partial charge in [0.1, 0.15) is 0 Å². The first-order valence-corrected chi connectivity index (χ1v) is 10.3. The van der Waals surface area contributed by atoms with Crippen LogP contribution in [0.2, 0.25) is 5.02 Å². The van der Waals surface area contributed by atoms with Crippen LogP contribution >= 0.6 is 23.4 Å². The lowest BCUT2D eigenvalue weighted by atomic mass is 9.96. The number of carbonyl (C=O) groups excluding carboxylic acids is 1. The molecule has 146 valence electrons. The van der Waals surface area contributed by atoms with Crippen molar-refractivity contribution in [3.8, 4) is 11.4 Å². The number of nitrogens with two attached hydrogens (primary N) is 1. The number of hydrogen-bond acceptors (Lipinski definition) is 5. The number of aromatic nitrogens is 3. The summed E-state index contributed by atoms with van der Waals surface area (Å²) in [6.45, 7) is 4.17. The molecule has 0 bridgehead atoms. The minimum absolute atomic E-state index is 0.0466. The van der Waals surface area contributed by atoms with Crippen LogP contribution in [0.1, 0.15) is 25.5 Å². The molecule has 1 amide bonds. The van der Waals surface area contributed by atoms with Crippen LogP contribution in [0.5, 0.6) is 0 Å². The topological polar surface area (TPSA) is 85.8 Å². The van der Waals surface area contributed by atoms with Gasteiger partial charge in [-0.3, -0.25) is 4.79 Å². The minimum Gasteiger partial charge on any atom is -0.348 e. The fraction of sp³-hybridized carbons (Fsp3) is 0.250. The van der Waals surface area contributed by atoms with E-state index in [2.05, 4.69) is 29.4 Å². The zero-order chi connectivity index (χ0) is 20.1. The molecule has 1 unspecified atom stereocenters. The zero-order valence-electron chi connectivity index (χ0n) is 15.7. The first kappa shape index (κ1) is 20.2. The van der Waals surface area contributed by atoms with Crippen molar-refractivity contribution in [1.29, 1.82) is 0 Å². The van der Waals surface area contributed by atoms with E-state index >= 15 is 0 Å². The molecule has 0 aliphatic heterocycles. The Hall–Kier alpha value is -2.51. The summed E-state index contributed by atoms with van der Waals surface area (Å²) in [6, 6.07) is 17.1. The highest BCUT2D eigenvalue weighted by atomic mass is 35.5. The predicted octanol–water partition coefficient (Wildman–Crippen LogP) is 3.92. The number of halogens is 1. The Balaban J connectivity index is 1.64. The Morgan fingerprint density at radius 1 is 1.14 bits per heavy atom. The molecule has 0 spiro atoms. The third-order valence-corrected chi connectivity index (χ3v) is 5.44. The maximum absolute atomic E-state index is 12.5. The van der Waals surface area contributed by atoms with Crippen molar-refractivity contribution in [3.63, 3.8) is 0 Å². The van der Waals surface area contributed by atoms with Crippen molar-refractivity contribution < 1.29 is 4.79 Å². The van der Waals surface area contributed by atoms with Crippen molar-refractivity contribution >= 4 is 29.3 Å². The van der Waals surface area contributed by atoms with Gasteiger partial charge in [-0.05, 0) is 35.7 Å². The van der Waals surface area contributed by atoms with Crippen LogP contribution < -0.4 is 11.2 Å². The van der Waals surface area contributed by atoms with Gasteiger partial charge in [-0.25, -0.2) is 4.68 Å². The van der Waals surface area contributed by atoms with E-state index in [9.17, 15) is 4.79 Å². The van der Waals surface area contributed by atoms with Crippen LogP contribution in [0, 0.1) is 5.92 Å². The maximum atomic E-state index is 12.5. The van der Waals surface area contributed by atoms with Crippen LogP contribution in [-0.2, 0) is 4.79 Å². The number of thioether (sulfide) groups is 1. The monoisotopic (exact) mass is 415 g/mol. The lowest BCUT2D eigenvalue weighted by Crippen LogP contribution is -2.33. The standard InChI is InChI=1S/C20H22ClN5OS/c1-13(2)18(14-6-4-3-5-7-14)23-17(27)12-28-20-25-24-19(26(20)22)15-8-10-16(21)11-9-15/h3-11,13,18H,12,22H2,1-2H3,(H,23,27). The van der Waals surface area contributed by atoms with Crippen LogP contribution in [0.4, 0.5) is 0 Å². The highest BCUT2D eigenvalue weighted by Gasteiger charge is 2.19. The summed E-state index contributed by atoms with van der Waals surface area (Å²) in [5.74, 6) is 7.01. The average molecular weight is 416 g/mol. The maximum Gasteiger partial charge on any atom is 0.230 e. The molecule has 3 rings (SSSR count). The van der Waals surface area contributed by atoms with Gasteiger partial charge in [0.15, 0.2) is 5.82 Å². The second-order valence-electron chi connectivity index (χ2n) is 6.67. The highest BCUT2D eigenvalue weighted by molar-refractivity contribution is 7.99. The van der Waals surface area contributed by atoms with Crippen LogP contribution in [0.3, 0.4) is 0 Å². The third kappa shape index (κ3) is 4.85. The van der Waals surface area contributed by atoms with Crippen molar-refractivity contribution in [1.82, 2.24) is 20.2 Å². The number of nitrogen functional groups attached to an aromatic ring is 1. The molecule has 8 heteroatoms. The summed E-state index contributed by atoms with van der Waals surface area (Å²) in [6.07, 6.45) is 0. The Morgan fingerprint density at radius 3 is 2.46 bits per heavy atom. The first-order valence-electron chi connectivity index (χ1n) is 8.89. The van der Waals surface area contributed by atoms with Crippen molar-refractivity contribution in [3.05, 3.63) is 65.2 Å². The van der Waals surface area contributed by atoms with Gasteiger partial charge in [0.2, 0.25) is 11.1 Å². The van der Waals surface area contributed by atoms with Crippen molar-refractivity contribution in [2.45, 2.75) is 25.0 Å². The molecular formula is C20H22ClN5OS. The zero-order valence-corrected chi connectivity index (χ0v) is 17.2. The number of carbonyl (C=O) groups is 1. The van der Waals surface area contributed by atoms with Gasteiger partial charge in [-0.1, -0.05) is 67.5 Å². The Morgan fingerprint density at radius 2 is 1.82 bits per heavy atom. The molecule has 0 aliphatic rings. The largest absolute Gasteiger partial charge is 0.348 e. The predicted molar refractivity (Wildman–Crippen MR) is 114 cm³/mol. The number of nitrogens with one attached hydrogen (secondary N) is 1. The van der Waals surface area contributed by atoms with Crippen molar-refractivity contribution in [2.24, 2.45) is 5.92 Å². The fourth-order valence-corrected chi connectivity index (χ4v) is 3.61. The van der Waals surface area contributed by atoms with E-state index in [1.54, 1.807) is 12.1 Å². The molecular weight excluding hydrogens is 394 g/mol. The van der Waals surface area contributed by atoms with E-state index in [4.69, 9.17) is 17.4 Å². The molecule has 2 aromatic carbocycles. The van der Waals surface area contributed by atoms with Gasteiger partial charge in [0.05, 0.1) is 11.8 Å². The van der Waals surface area contributed by atoms with Crippen LogP contribution in [0.15, 0.2) is 59.8 Å². The number of hydrogen-bond donors (Lipinski definition) is 2. The highest BCUT2D eigenvalue weighted by Crippen LogP contribution is 2.24. The molecule has 0 saturated heterocycles. The molecule has 0 saturated carbocycles. The van der Waals surface area contributed by atoms with Crippen LogP contribution in [0.25, 0.3) is 11.4 Å². The quantitative estimate of drug-likeness (QED) is 0.451. The summed E-state index contributed by atoms with van der Waals surface area (Å²) in [5, 5.41) is 12.4. The van der Waals surface area contributed by atoms with E-state index in [1.807, 2.05) is 42.5 Å². The fourth-order valence-electron chi connectivity index (χ4n) is 2.81. The molecule has 0 aliphatic carbocycles. The summed E-state index contributed by atoms with van der Waals surface area (Å²) >= 11 is 7.16. The molecule has 0 fully saturated rings. The van der Waals surface area contributed by atoms with E-state index in [0.717, 1.165) is 11.1 Å². The van der Waals surface area contributed by atoms with Gasteiger partial charge in [-0.2, -0.15) is 0 Å².